The molecule has 0 saturated carbocycles. The maximum absolute atomic E-state index is 11.8. The van der Waals surface area contributed by atoms with Crippen molar-refractivity contribution in [3.8, 4) is 5.75 Å². The molecule has 1 aromatic rings. The van der Waals surface area contributed by atoms with Crippen molar-refractivity contribution in [1.82, 2.24) is 0 Å². The first kappa shape index (κ1) is 25.2. The Labute approximate surface area is 171 Å². The van der Waals surface area contributed by atoms with Crippen LogP contribution in [0.4, 0.5) is 0 Å². The van der Waals surface area contributed by atoms with Gasteiger partial charge in [-0.1, -0.05) is 95.8 Å². The van der Waals surface area contributed by atoms with Crippen molar-refractivity contribution in [1.29, 1.82) is 0 Å². The van der Waals surface area contributed by atoms with Crippen LogP contribution < -0.4 is 4.74 Å². The van der Waals surface area contributed by atoms with Gasteiger partial charge in [-0.15, -0.1) is 0 Å². The van der Waals surface area contributed by atoms with Crippen molar-refractivity contribution in [2.75, 3.05) is 19.8 Å². The topological polar surface area (TPSA) is 65.0 Å². The average Bonchev–Trinajstić information content (AvgIpc) is 2.69. The van der Waals surface area contributed by atoms with Crippen molar-refractivity contribution < 1.29 is 23.2 Å². The van der Waals surface area contributed by atoms with Crippen molar-refractivity contribution in [3.63, 3.8) is 0 Å². The van der Waals surface area contributed by atoms with Crippen LogP contribution in [0.3, 0.4) is 0 Å². The summed E-state index contributed by atoms with van der Waals surface area (Å²) in [4.78, 5) is 9.64. The maximum Gasteiger partial charge on any atom is 0.472 e. The zero-order valence-corrected chi connectivity index (χ0v) is 18.4. The van der Waals surface area contributed by atoms with E-state index in [9.17, 15) is 9.46 Å². The highest BCUT2D eigenvalue weighted by molar-refractivity contribution is 7.47. The Morgan fingerprint density at radius 2 is 1.21 bits per heavy atom. The monoisotopic (exact) mass is 414 g/mol. The lowest BCUT2D eigenvalue weighted by molar-refractivity contribution is 0.127. The third-order valence-electron chi connectivity index (χ3n) is 4.60. The van der Waals surface area contributed by atoms with E-state index < -0.39 is 7.82 Å². The lowest BCUT2D eigenvalue weighted by Crippen LogP contribution is -2.07. The second-order valence-electron chi connectivity index (χ2n) is 7.19. The molecule has 0 aliphatic carbocycles. The minimum Gasteiger partial charge on any atom is -0.491 e. The molecule has 0 aliphatic rings. The number of hydrogen-bond donors (Lipinski definition) is 1. The number of benzene rings is 1. The molecule has 0 aliphatic heterocycles. The van der Waals surface area contributed by atoms with E-state index in [1.807, 2.05) is 30.3 Å². The summed E-state index contributed by atoms with van der Waals surface area (Å²) >= 11 is 0. The molecule has 0 heterocycles. The van der Waals surface area contributed by atoms with Gasteiger partial charge >= 0.3 is 7.82 Å². The van der Waals surface area contributed by atoms with Gasteiger partial charge in [0.15, 0.2) is 0 Å². The highest BCUT2D eigenvalue weighted by Crippen LogP contribution is 2.43. The van der Waals surface area contributed by atoms with E-state index in [1.54, 1.807) is 0 Å². The predicted octanol–water partition coefficient (Wildman–Crippen LogP) is 6.90. The maximum atomic E-state index is 11.8. The van der Waals surface area contributed by atoms with Gasteiger partial charge in [0.2, 0.25) is 0 Å². The quantitative estimate of drug-likeness (QED) is 0.197. The summed E-state index contributed by atoms with van der Waals surface area (Å²) in [6, 6.07) is 9.27. The van der Waals surface area contributed by atoms with Crippen LogP contribution in [0.15, 0.2) is 30.3 Å². The van der Waals surface area contributed by atoms with E-state index in [-0.39, 0.29) is 19.8 Å². The third kappa shape index (κ3) is 15.1. The standard InChI is InChI=1S/C22H39O5P/c1-2-3-4-5-6-7-8-9-10-11-12-16-19-26-28(23,24)27-21-20-25-22-17-14-13-15-18-22/h13-15,17-18H,2-12,16,19-21H2,1H3,(H,23,24). The van der Waals surface area contributed by atoms with E-state index in [4.69, 9.17) is 13.8 Å². The molecule has 0 saturated heterocycles. The van der Waals surface area contributed by atoms with E-state index in [2.05, 4.69) is 6.92 Å². The van der Waals surface area contributed by atoms with Crippen LogP contribution in [0.5, 0.6) is 5.75 Å². The number of ether oxygens (including phenoxy) is 1. The largest absolute Gasteiger partial charge is 0.491 e. The Balaban J connectivity index is 1.87. The molecule has 0 amide bonds. The molecule has 5 nitrogen and oxygen atoms in total. The molecule has 28 heavy (non-hydrogen) atoms. The number of para-hydroxylation sites is 1. The smallest absolute Gasteiger partial charge is 0.472 e. The van der Waals surface area contributed by atoms with Crippen LogP contribution in [0.1, 0.15) is 84.0 Å². The summed E-state index contributed by atoms with van der Waals surface area (Å²) < 4.78 is 27.1. The summed E-state index contributed by atoms with van der Waals surface area (Å²) in [5, 5.41) is 0. The first-order valence-corrected chi connectivity index (χ1v) is 12.4. The molecule has 1 aromatic carbocycles. The fraction of sp³-hybridized carbons (Fsp3) is 0.727. The molecular weight excluding hydrogens is 375 g/mol. The normalized spacial score (nSPS) is 13.4. The molecule has 0 bridgehead atoms. The van der Waals surface area contributed by atoms with Gasteiger partial charge in [-0.2, -0.15) is 0 Å². The Hall–Kier alpha value is -0.870. The number of phosphoric ester groups is 1. The van der Waals surface area contributed by atoms with Gasteiger partial charge in [-0.3, -0.25) is 9.05 Å². The summed E-state index contributed by atoms with van der Waals surface area (Å²) in [5.74, 6) is 0.705. The summed E-state index contributed by atoms with van der Waals surface area (Å²) in [7, 11) is -3.98. The van der Waals surface area contributed by atoms with Crippen LogP contribution in [0.25, 0.3) is 0 Å². The molecule has 0 spiro atoms. The van der Waals surface area contributed by atoms with Crippen LogP contribution in [-0.4, -0.2) is 24.7 Å². The van der Waals surface area contributed by atoms with Gasteiger partial charge in [0.1, 0.15) is 12.4 Å². The minimum absolute atomic E-state index is 0.0150. The average molecular weight is 415 g/mol. The lowest BCUT2D eigenvalue weighted by atomic mass is 10.1. The first-order valence-electron chi connectivity index (χ1n) is 10.9. The fourth-order valence-corrected chi connectivity index (χ4v) is 3.73. The summed E-state index contributed by atoms with van der Waals surface area (Å²) in [5.41, 5.74) is 0. The van der Waals surface area contributed by atoms with Gasteiger partial charge in [-0.25, -0.2) is 4.57 Å². The van der Waals surface area contributed by atoms with E-state index >= 15 is 0 Å². The molecule has 1 atom stereocenters. The minimum atomic E-state index is -3.98. The van der Waals surface area contributed by atoms with Crippen LogP contribution in [-0.2, 0) is 13.6 Å². The number of hydrogen-bond acceptors (Lipinski definition) is 4. The molecule has 162 valence electrons. The first-order chi connectivity index (χ1) is 13.6. The van der Waals surface area contributed by atoms with E-state index in [1.165, 1.54) is 57.8 Å². The van der Waals surface area contributed by atoms with E-state index in [0.717, 1.165) is 19.3 Å². The van der Waals surface area contributed by atoms with E-state index in [0.29, 0.717) is 5.75 Å². The molecule has 1 rings (SSSR count). The Kier molecular flexibility index (Phi) is 15.3. The number of rotatable bonds is 19. The highest BCUT2D eigenvalue weighted by atomic mass is 31.2. The van der Waals surface area contributed by atoms with Gasteiger partial charge in [-0.05, 0) is 18.6 Å². The van der Waals surface area contributed by atoms with Gasteiger partial charge in [0, 0.05) is 0 Å². The fourth-order valence-electron chi connectivity index (χ4n) is 2.99. The molecule has 1 unspecified atom stereocenters. The van der Waals surface area contributed by atoms with Crippen molar-refractivity contribution in [2.45, 2.75) is 84.0 Å². The molecular formula is C22H39O5P. The van der Waals surface area contributed by atoms with Crippen molar-refractivity contribution in [3.05, 3.63) is 30.3 Å². The zero-order chi connectivity index (χ0) is 20.3. The number of phosphoric acid groups is 1. The second-order valence-corrected chi connectivity index (χ2v) is 8.64. The summed E-state index contributed by atoms with van der Waals surface area (Å²) in [6.07, 6.45) is 15.0. The molecule has 0 radical (unpaired) electrons. The Morgan fingerprint density at radius 1 is 0.714 bits per heavy atom. The third-order valence-corrected chi connectivity index (χ3v) is 5.62. The lowest BCUT2D eigenvalue weighted by Gasteiger charge is -2.12. The van der Waals surface area contributed by atoms with Crippen LogP contribution >= 0.6 is 7.82 Å². The predicted molar refractivity (Wildman–Crippen MR) is 115 cm³/mol. The Bertz CT molecular complexity index is 509. The SMILES string of the molecule is CCCCCCCCCCCCCCOP(=O)(O)OCCOc1ccccc1. The van der Waals surface area contributed by atoms with Crippen LogP contribution in [0.2, 0.25) is 0 Å². The van der Waals surface area contributed by atoms with Gasteiger partial charge in [0.25, 0.3) is 0 Å². The molecule has 0 aromatic heterocycles. The Morgan fingerprint density at radius 3 is 1.79 bits per heavy atom. The van der Waals surface area contributed by atoms with Gasteiger partial charge in [0.05, 0.1) is 13.2 Å². The van der Waals surface area contributed by atoms with Gasteiger partial charge < -0.3 is 9.63 Å². The second kappa shape index (κ2) is 17.0. The number of unbranched alkanes of at least 4 members (excludes halogenated alkanes) is 11. The molecule has 0 fully saturated rings. The molecule has 1 N–H and O–H groups in total. The zero-order valence-electron chi connectivity index (χ0n) is 17.5. The van der Waals surface area contributed by atoms with Crippen molar-refractivity contribution in [2.24, 2.45) is 0 Å². The summed E-state index contributed by atoms with van der Waals surface area (Å²) in [6.45, 7) is 2.72. The van der Waals surface area contributed by atoms with Crippen LogP contribution in [0, 0.1) is 0 Å². The molecule has 6 heteroatoms. The van der Waals surface area contributed by atoms with Crippen molar-refractivity contribution >= 4 is 7.82 Å². The highest BCUT2D eigenvalue weighted by Gasteiger charge is 2.20.